The van der Waals surface area contributed by atoms with E-state index in [9.17, 15) is 0 Å². The van der Waals surface area contributed by atoms with Gasteiger partial charge in [0.05, 0.1) is 6.61 Å². The van der Waals surface area contributed by atoms with Crippen LogP contribution in [0.5, 0.6) is 5.75 Å². The highest BCUT2D eigenvalue weighted by atomic mass is 16.5. The van der Waals surface area contributed by atoms with E-state index in [1.807, 2.05) is 6.92 Å². The number of hydrogen-bond donors (Lipinski definition) is 1. The van der Waals surface area contributed by atoms with Gasteiger partial charge >= 0.3 is 0 Å². The lowest BCUT2D eigenvalue weighted by Crippen LogP contribution is -2.40. The van der Waals surface area contributed by atoms with E-state index in [1.54, 1.807) is 0 Å². The third-order valence-electron chi connectivity index (χ3n) is 3.74. The molecular weight excluding hydrogens is 222 g/mol. The van der Waals surface area contributed by atoms with E-state index in [0.29, 0.717) is 12.1 Å². The summed E-state index contributed by atoms with van der Waals surface area (Å²) in [5, 5.41) is 3.70. The summed E-state index contributed by atoms with van der Waals surface area (Å²) in [4.78, 5) is 0. The van der Waals surface area contributed by atoms with Gasteiger partial charge in [-0.05, 0) is 51.2 Å². The van der Waals surface area contributed by atoms with Crippen molar-refractivity contribution in [3.8, 4) is 5.75 Å². The molecule has 1 heterocycles. The van der Waals surface area contributed by atoms with Gasteiger partial charge in [-0.3, -0.25) is 0 Å². The average molecular weight is 247 g/mol. The maximum Gasteiger partial charge on any atom is 0.122 e. The number of rotatable bonds is 5. The van der Waals surface area contributed by atoms with Crippen LogP contribution in [-0.4, -0.2) is 18.7 Å². The zero-order chi connectivity index (χ0) is 12.8. The Balaban J connectivity index is 1.89. The predicted molar refractivity (Wildman–Crippen MR) is 76.2 cm³/mol. The fourth-order valence-corrected chi connectivity index (χ4v) is 2.80. The SMILES string of the molecule is CCOc1ccccc1CCC1CCCC(C)N1. The Labute approximate surface area is 111 Å². The van der Waals surface area contributed by atoms with E-state index in [2.05, 4.69) is 36.5 Å². The summed E-state index contributed by atoms with van der Waals surface area (Å²) in [6.45, 7) is 5.08. The monoisotopic (exact) mass is 247 g/mol. The summed E-state index contributed by atoms with van der Waals surface area (Å²) >= 11 is 0. The number of hydrogen-bond acceptors (Lipinski definition) is 2. The van der Waals surface area contributed by atoms with E-state index in [1.165, 1.54) is 31.2 Å². The quantitative estimate of drug-likeness (QED) is 0.859. The number of para-hydroxylation sites is 1. The maximum absolute atomic E-state index is 5.68. The minimum Gasteiger partial charge on any atom is -0.494 e. The van der Waals surface area contributed by atoms with E-state index in [4.69, 9.17) is 4.74 Å². The molecule has 2 unspecified atom stereocenters. The van der Waals surface area contributed by atoms with Crippen LogP contribution >= 0.6 is 0 Å². The standard InChI is InChI=1S/C16H25NO/c1-3-18-16-10-5-4-8-14(16)11-12-15-9-6-7-13(2)17-15/h4-5,8,10,13,15,17H,3,6-7,9,11-12H2,1-2H3. The molecule has 2 nitrogen and oxygen atoms in total. The molecule has 0 saturated carbocycles. The molecule has 1 fully saturated rings. The normalized spacial score (nSPS) is 23.9. The minimum absolute atomic E-state index is 0.684. The number of nitrogens with one attached hydrogen (secondary N) is 1. The summed E-state index contributed by atoms with van der Waals surface area (Å²) in [6, 6.07) is 9.80. The molecule has 2 atom stereocenters. The molecule has 100 valence electrons. The van der Waals surface area contributed by atoms with Crippen molar-refractivity contribution in [2.24, 2.45) is 0 Å². The van der Waals surface area contributed by atoms with Gasteiger partial charge in [-0.25, -0.2) is 0 Å². The first kappa shape index (κ1) is 13.4. The molecule has 1 aromatic carbocycles. The van der Waals surface area contributed by atoms with Gasteiger partial charge in [0.1, 0.15) is 5.75 Å². The van der Waals surface area contributed by atoms with Gasteiger partial charge in [-0.2, -0.15) is 0 Å². The highest BCUT2D eigenvalue weighted by molar-refractivity contribution is 5.33. The Hall–Kier alpha value is -1.02. The van der Waals surface area contributed by atoms with E-state index < -0.39 is 0 Å². The lowest BCUT2D eigenvalue weighted by Gasteiger charge is -2.29. The Morgan fingerprint density at radius 3 is 2.89 bits per heavy atom. The Morgan fingerprint density at radius 2 is 2.11 bits per heavy atom. The van der Waals surface area contributed by atoms with Crippen LogP contribution in [-0.2, 0) is 6.42 Å². The van der Waals surface area contributed by atoms with Crippen LogP contribution < -0.4 is 10.1 Å². The van der Waals surface area contributed by atoms with Gasteiger partial charge in [0.25, 0.3) is 0 Å². The second kappa shape index (κ2) is 6.79. The second-order valence-corrected chi connectivity index (χ2v) is 5.27. The van der Waals surface area contributed by atoms with Gasteiger partial charge in [0.2, 0.25) is 0 Å². The van der Waals surface area contributed by atoms with Crippen molar-refractivity contribution >= 4 is 0 Å². The predicted octanol–water partition coefficient (Wildman–Crippen LogP) is 3.55. The van der Waals surface area contributed by atoms with Crippen molar-refractivity contribution in [1.82, 2.24) is 5.32 Å². The molecule has 0 bridgehead atoms. The van der Waals surface area contributed by atoms with E-state index >= 15 is 0 Å². The molecule has 0 radical (unpaired) electrons. The lowest BCUT2D eigenvalue weighted by atomic mass is 9.94. The van der Waals surface area contributed by atoms with Crippen LogP contribution in [0.1, 0.15) is 45.1 Å². The molecule has 0 aromatic heterocycles. The largest absolute Gasteiger partial charge is 0.494 e. The smallest absolute Gasteiger partial charge is 0.122 e. The molecule has 2 heteroatoms. The number of aryl methyl sites for hydroxylation is 1. The van der Waals surface area contributed by atoms with Gasteiger partial charge in [-0.1, -0.05) is 24.6 Å². The second-order valence-electron chi connectivity index (χ2n) is 5.27. The van der Waals surface area contributed by atoms with Gasteiger partial charge in [0, 0.05) is 12.1 Å². The average Bonchev–Trinajstić information content (AvgIpc) is 2.38. The minimum atomic E-state index is 0.684. The number of benzene rings is 1. The first-order valence-electron chi connectivity index (χ1n) is 7.26. The highest BCUT2D eigenvalue weighted by Crippen LogP contribution is 2.22. The molecule has 1 aliphatic heterocycles. The fourth-order valence-electron chi connectivity index (χ4n) is 2.80. The van der Waals surface area contributed by atoms with Crippen LogP contribution in [0, 0.1) is 0 Å². The molecule has 0 aliphatic carbocycles. The molecule has 1 aliphatic rings. The summed E-state index contributed by atoms with van der Waals surface area (Å²) in [5.74, 6) is 1.06. The number of piperidine rings is 1. The summed E-state index contributed by atoms with van der Waals surface area (Å²) in [6.07, 6.45) is 6.34. The molecule has 0 spiro atoms. The van der Waals surface area contributed by atoms with Gasteiger partial charge in [0.15, 0.2) is 0 Å². The van der Waals surface area contributed by atoms with Gasteiger partial charge < -0.3 is 10.1 Å². The summed E-state index contributed by atoms with van der Waals surface area (Å²) in [7, 11) is 0. The molecule has 1 aromatic rings. The summed E-state index contributed by atoms with van der Waals surface area (Å²) < 4.78 is 5.68. The van der Waals surface area contributed by atoms with Crippen LogP contribution in [0.2, 0.25) is 0 Å². The highest BCUT2D eigenvalue weighted by Gasteiger charge is 2.17. The van der Waals surface area contributed by atoms with Crippen LogP contribution in [0.25, 0.3) is 0 Å². The molecule has 2 rings (SSSR count). The Bertz CT molecular complexity index is 364. The number of ether oxygens (including phenoxy) is 1. The van der Waals surface area contributed by atoms with Crippen molar-refractivity contribution in [3.63, 3.8) is 0 Å². The van der Waals surface area contributed by atoms with Crippen LogP contribution in [0.3, 0.4) is 0 Å². The van der Waals surface area contributed by atoms with E-state index in [0.717, 1.165) is 18.8 Å². The molecule has 18 heavy (non-hydrogen) atoms. The first-order chi connectivity index (χ1) is 8.79. The van der Waals surface area contributed by atoms with Crippen molar-refractivity contribution in [3.05, 3.63) is 29.8 Å². The fraction of sp³-hybridized carbons (Fsp3) is 0.625. The molecule has 0 amide bonds. The van der Waals surface area contributed by atoms with Crippen molar-refractivity contribution in [2.75, 3.05) is 6.61 Å². The van der Waals surface area contributed by atoms with E-state index in [-0.39, 0.29) is 0 Å². The zero-order valence-electron chi connectivity index (χ0n) is 11.6. The first-order valence-corrected chi connectivity index (χ1v) is 7.26. The Kier molecular flexibility index (Phi) is 5.06. The van der Waals surface area contributed by atoms with Crippen molar-refractivity contribution < 1.29 is 4.74 Å². The van der Waals surface area contributed by atoms with Crippen LogP contribution in [0.15, 0.2) is 24.3 Å². The van der Waals surface area contributed by atoms with Crippen LogP contribution in [0.4, 0.5) is 0 Å². The van der Waals surface area contributed by atoms with Crippen molar-refractivity contribution in [1.29, 1.82) is 0 Å². The molecular formula is C16H25NO. The molecule has 1 N–H and O–H groups in total. The van der Waals surface area contributed by atoms with Crippen molar-refractivity contribution in [2.45, 2.75) is 58.0 Å². The zero-order valence-corrected chi connectivity index (χ0v) is 11.6. The third-order valence-corrected chi connectivity index (χ3v) is 3.74. The lowest BCUT2D eigenvalue weighted by molar-refractivity contribution is 0.316. The summed E-state index contributed by atoms with van der Waals surface area (Å²) in [5.41, 5.74) is 1.35. The topological polar surface area (TPSA) is 21.3 Å². The maximum atomic E-state index is 5.68. The molecule has 1 saturated heterocycles. The van der Waals surface area contributed by atoms with Gasteiger partial charge in [-0.15, -0.1) is 0 Å². The third kappa shape index (κ3) is 3.74. The Morgan fingerprint density at radius 1 is 1.28 bits per heavy atom.